The smallest absolute Gasteiger partial charge is 0.256 e. The molecular formula is C18H21ClN4O2. The first-order valence-electron chi connectivity index (χ1n) is 8.52. The Balaban J connectivity index is 1.72. The number of carbonyl (C=O) groups is 1. The van der Waals surface area contributed by atoms with E-state index in [2.05, 4.69) is 10.4 Å². The number of nitrogens with one attached hydrogen (secondary N) is 1. The standard InChI is InChI=1S/C18H21ClN4O2/c1-18(25)7-5-14-12(9-18)16(20)23(22-14)17(24)11-6-8-21-15-10(11)3-2-4-13(15)19/h2-4,11,21,25H,5-9,20H2,1H3. The van der Waals surface area contributed by atoms with Gasteiger partial charge < -0.3 is 16.2 Å². The molecule has 2 unspecified atom stereocenters. The van der Waals surface area contributed by atoms with E-state index >= 15 is 0 Å². The zero-order chi connectivity index (χ0) is 17.8. The van der Waals surface area contributed by atoms with Gasteiger partial charge in [-0.25, -0.2) is 0 Å². The van der Waals surface area contributed by atoms with Crippen molar-refractivity contribution in [3.05, 3.63) is 40.0 Å². The van der Waals surface area contributed by atoms with Crippen molar-refractivity contribution in [2.45, 2.75) is 44.1 Å². The third-order valence-electron chi connectivity index (χ3n) is 5.23. The van der Waals surface area contributed by atoms with Crippen LogP contribution in [0.1, 0.15) is 47.3 Å². The maximum atomic E-state index is 13.2. The molecule has 1 aliphatic heterocycles. The molecule has 0 saturated carbocycles. The molecule has 0 saturated heterocycles. The summed E-state index contributed by atoms with van der Waals surface area (Å²) in [6, 6.07) is 5.58. The minimum atomic E-state index is -0.799. The van der Waals surface area contributed by atoms with Gasteiger partial charge in [-0.1, -0.05) is 23.7 Å². The van der Waals surface area contributed by atoms with Gasteiger partial charge in [0, 0.05) is 18.5 Å². The molecule has 0 bridgehead atoms. The Hall–Kier alpha value is -2.05. The highest BCUT2D eigenvalue weighted by Crippen LogP contribution is 2.38. The maximum Gasteiger partial charge on any atom is 0.256 e. The highest BCUT2D eigenvalue weighted by Gasteiger charge is 2.35. The molecule has 0 fully saturated rings. The summed E-state index contributed by atoms with van der Waals surface area (Å²) in [5.74, 6) is -0.127. The van der Waals surface area contributed by atoms with Gasteiger partial charge in [-0.2, -0.15) is 9.78 Å². The first kappa shape index (κ1) is 16.4. The molecule has 0 radical (unpaired) electrons. The van der Waals surface area contributed by atoms with E-state index in [0.29, 0.717) is 43.1 Å². The molecule has 4 rings (SSSR count). The lowest BCUT2D eigenvalue weighted by Crippen LogP contribution is -2.32. The van der Waals surface area contributed by atoms with E-state index in [9.17, 15) is 9.90 Å². The van der Waals surface area contributed by atoms with Gasteiger partial charge >= 0.3 is 0 Å². The molecule has 6 nitrogen and oxygen atoms in total. The summed E-state index contributed by atoms with van der Waals surface area (Å²) in [5, 5.41) is 18.6. The number of fused-ring (bicyclic) bond motifs is 2. The Bertz CT molecular complexity index is 859. The number of rotatable bonds is 1. The number of nitrogens with two attached hydrogens (primary N) is 1. The lowest BCUT2D eigenvalue weighted by molar-refractivity contribution is 0.0457. The molecule has 25 heavy (non-hydrogen) atoms. The molecule has 132 valence electrons. The van der Waals surface area contributed by atoms with Crippen LogP contribution in [0.3, 0.4) is 0 Å². The van der Waals surface area contributed by atoms with Crippen LogP contribution in [0.2, 0.25) is 5.02 Å². The van der Waals surface area contributed by atoms with Crippen molar-refractivity contribution in [1.29, 1.82) is 0 Å². The molecule has 2 aromatic rings. The number of hydrogen-bond donors (Lipinski definition) is 3. The van der Waals surface area contributed by atoms with E-state index in [4.69, 9.17) is 17.3 Å². The van der Waals surface area contributed by atoms with Gasteiger partial charge in [0.05, 0.1) is 27.9 Å². The minimum Gasteiger partial charge on any atom is -0.390 e. The van der Waals surface area contributed by atoms with Crippen molar-refractivity contribution >= 4 is 29.0 Å². The predicted octanol–water partition coefficient (Wildman–Crippen LogP) is 2.60. The van der Waals surface area contributed by atoms with Crippen LogP contribution in [0.5, 0.6) is 0 Å². The van der Waals surface area contributed by atoms with Gasteiger partial charge in [0.1, 0.15) is 5.82 Å². The molecular weight excluding hydrogens is 340 g/mol. The van der Waals surface area contributed by atoms with E-state index in [1.165, 1.54) is 4.68 Å². The summed E-state index contributed by atoms with van der Waals surface area (Å²) in [5.41, 5.74) is 8.73. The summed E-state index contributed by atoms with van der Waals surface area (Å²) in [4.78, 5) is 13.2. The topological polar surface area (TPSA) is 93.2 Å². The van der Waals surface area contributed by atoms with Gasteiger partial charge in [0.2, 0.25) is 0 Å². The summed E-state index contributed by atoms with van der Waals surface area (Å²) in [6.45, 7) is 2.46. The van der Waals surface area contributed by atoms with Crippen LogP contribution in [-0.2, 0) is 12.8 Å². The lowest BCUT2D eigenvalue weighted by atomic mass is 9.85. The fourth-order valence-corrected chi connectivity index (χ4v) is 4.10. The highest BCUT2D eigenvalue weighted by molar-refractivity contribution is 6.33. The Morgan fingerprint density at radius 1 is 1.52 bits per heavy atom. The minimum absolute atomic E-state index is 0.142. The Morgan fingerprint density at radius 3 is 3.12 bits per heavy atom. The van der Waals surface area contributed by atoms with Gasteiger partial charge in [0.15, 0.2) is 0 Å². The molecule has 1 aliphatic carbocycles. The molecule has 2 aliphatic rings. The number of nitrogens with zero attached hydrogens (tertiary/aromatic N) is 2. The lowest BCUT2D eigenvalue weighted by Gasteiger charge is -2.27. The van der Waals surface area contributed by atoms with E-state index in [0.717, 1.165) is 22.5 Å². The number of para-hydroxylation sites is 1. The highest BCUT2D eigenvalue weighted by atomic mass is 35.5. The van der Waals surface area contributed by atoms with Crippen LogP contribution in [-0.4, -0.2) is 32.9 Å². The van der Waals surface area contributed by atoms with Crippen molar-refractivity contribution in [2.24, 2.45) is 0 Å². The van der Waals surface area contributed by atoms with Gasteiger partial charge in [-0.15, -0.1) is 0 Å². The van der Waals surface area contributed by atoms with Crippen LogP contribution >= 0.6 is 11.6 Å². The van der Waals surface area contributed by atoms with Gasteiger partial charge in [0.25, 0.3) is 5.91 Å². The summed E-state index contributed by atoms with van der Waals surface area (Å²) in [7, 11) is 0. The average Bonchev–Trinajstić information content (AvgIpc) is 2.90. The fraction of sp³-hybridized carbons (Fsp3) is 0.444. The SMILES string of the molecule is CC1(O)CCc2nn(C(=O)C3CCNc4c(Cl)cccc43)c(N)c2C1. The van der Waals surface area contributed by atoms with Crippen LogP contribution in [0, 0.1) is 0 Å². The fourth-order valence-electron chi connectivity index (χ4n) is 3.85. The molecule has 4 N–H and O–H groups in total. The van der Waals surface area contributed by atoms with Crippen LogP contribution in [0.15, 0.2) is 18.2 Å². The van der Waals surface area contributed by atoms with Crippen molar-refractivity contribution in [3.8, 4) is 0 Å². The summed E-state index contributed by atoms with van der Waals surface area (Å²) >= 11 is 6.25. The quantitative estimate of drug-likeness (QED) is 0.726. The zero-order valence-electron chi connectivity index (χ0n) is 14.1. The predicted molar refractivity (Wildman–Crippen MR) is 97.2 cm³/mol. The number of halogens is 1. The Morgan fingerprint density at radius 2 is 2.32 bits per heavy atom. The first-order valence-corrected chi connectivity index (χ1v) is 8.90. The molecule has 0 amide bonds. The van der Waals surface area contributed by atoms with Crippen LogP contribution in [0.25, 0.3) is 0 Å². The number of anilines is 2. The van der Waals surface area contributed by atoms with Crippen molar-refractivity contribution in [1.82, 2.24) is 9.78 Å². The number of aromatic nitrogens is 2. The third kappa shape index (κ3) is 2.69. The van der Waals surface area contributed by atoms with Crippen molar-refractivity contribution < 1.29 is 9.90 Å². The van der Waals surface area contributed by atoms with E-state index in [1.54, 1.807) is 6.92 Å². The van der Waals surface area contributed by atoms with E-state index in [1.807, 2.05) is 18.2 Å². The molecule has 7 heteroatoms. The number of nitrogen functional groups attached to an aromatic ring is 1. The van der Waals surface area contributed by atoms with E-state index < -0.39 is 5.60 Å². The summed E-state index contributed by atoms with van der Waals surface area (Å²) < 4.78 is 1.33. The van der Waals surface area contributed by atoms with Gasteiger partial charge in [-0.3, -0.25) is 4.79 Å². The number of carbonyl (C=O) groups excluding carboxylic acids is 1. The van der Waals surface area contributed by atoms with E-state index in [-0.39, 0.29) is 11.8 Å². The number of aryl methyl sites for hydroxylation is 1. The second-order valence-corrected chi connectivity index (χ2v) is 7.61. The zero-order valence-corrected chi connectivity index (χ0v) is 14.8. The Kier molecular flexibility index (Phi) is 3.77. The van der Waals surface area contributed by atoms with Crippen molar-refractivity contribution in [2.75, 3.05) is 17.6 Å². The number of benzene rings is 1. The van der Waals surface area contributed by atoms with Crippen molar-refractivity contribution in [3.63, 3.8) is 0 Å². The molecule has 2 atom stereocenters. The average molecular weight is 361 g/mol. The van der Waals surface area contributed by atoms with Crippen LogP contribution < -0.4 is 11.1 Å². The molecule has 1 aromatic carbocycles. The molecule has 2 heterocycles. The second-order valence-electron chi connectivity index (χ2n) is 7.21. The molecule has 1 aromatic heterocycles. The second kappa shape index (κ2) is 5.75. The first-order chi connectivity index (χ1) is 11.9. The largest absolute Gasteiger partial charge is 0.390 e. The third-order valence-corrected chi connectivity index (χ3v) is 5.54. The monoisotopic (exact) mass is 360 g/mol. The normalized spacial score (nSPS) is 25.0. The van der Waals surface area contributed by atoms with Crippen LogP contribution in [0.4, 0.5) is 11.5 Å². The Labute approximate surface area is 151 Å². The summed E-state index contributed by atoms with van der Waals surface area (Å²) in [6.07, 6.45) is 2.34. The number of hydrogen-bond acceptors (Lipinski definition) is 5. The van der Waals surface area contributed by atoms with Gasteiger partial charge in [-0.05, 0) is 37.8 Å². The molecule has 0 spiro atoms. The number of aliphatic hydroxyl groups is 1. The maximum absolute atomic E-state index is 13.2.